The van der Waals surface area contributed by atoms with Crippen LogP contribution < -0.4 is 32.3 Å². The number of rotatable bonds is 20. The number of carbonyl (C=O) groups excluding carboxylic acids is 6. The number of phenols is 2. The highest BCUT2D eigenvalue weighted by atomic mass is 16.3. The number of hydrogen-bond acceptors (Lipinski definition) is 9. The summed E-state index contributed by atoms with van der Waals surface area (Å²) in [5.74, 6) is -5.22. The lowest BCUT2D eigenvalue weighted by Gasteiger charge is -2.28. The Bertz CT molecular complexity index is 2380. The molecule has 1 aromatic heterocycles. The number of nitrogens with zero attached hydrogens (tertiary/aromatic N) is 1. The van der Waals surface area contributed by atoms with Gasteiger partial charge >= 0.3 is 0 Å². The molecule has 0 fully saturated rings. The molecule has 5 aromatic rings. The summed E-state index contributed by atoms with van der Waals surface area (Å²) in [6.45, 7) is 7.23. The van der Waals surface area contributed by atoms with Crippen molar-refractivity contribution in [2.75, 3.05) is 0 Å². The summed E-state index contributed by atoms with van der Waals surface area (Å²) in [4.78, 5) is 87.0. The lowest BCUT2D eigenvalue weighted by molar-refractivity contribution is -0.135. The molecule has 0 radical (unpaired) electrons. The topological polar surface area (TPSA) is 242 Å². The Balaban J connectivity index is 1.44. The van der Waals surface area contributed by atoms with Crippen LogP contribution in [0.3, 0.4) is 0 Å². The normalized spacial score (nSPS) is 13.6. The molecule has 15 heteroatoms. The largest absolute Gasteiger partial charge is 0.507 e. The van der Waals surface area contributed by atoms with Crippen LogP contribution in [0.25, 0.3) is 10.8 Å². The lowest BCUT2D eigenvalue weighted by Crippen LogP contribution is -2.60. The second-order valence-electron chi connectivity index (χ2n) is 16.2. The van der Waals surface area contributed by atoms with Crippen LogP contribution in [-0.4, -0.2) is 80.8 Å². The Kier molecular flexibility index (Phi) is 16.3. The first-order valence-corrected chi connectivity index (χ1v) is 20.8. The molecule has 6 amide bonds. The Morgan fingerprint density at radius 1 is 0.571 bits per heavy atom. The van der Waals surface area contributed by atoms with Crippen LogP contribution in [0.2, 0.25) is 0 Å². The van der Waals surface area contributed by atoms with Crippen LogP contribution >= 0.6 is 0 Å². The number of carbonyl (C=O) groups is 6. The molecule has 5 rings (SSSR count). The SMILES string of the molecule is CC(C)C[C@@H](NC(=O)[C@H](NC(=O)[C@@H](Cc1ccccc1)NC(=O)[C@@H](Cc1ccccc1)NC(=O)[C@@H](Cc1ccccn1)NC(=O)c1cc2c(O)cccc2cc1O)C(C)C)C(N)=O. The minimum absolute atomic E-state index is 0.0112. The number of phenolic OH excluding ortho intramolecular Hbond substituents is 2. The van der Waals surface area contributed by atoms with Crippen molar-refractivity contribution in [3.63, 3.8) is 0 Å². The van der Waals surface area contributed by atoms with Gasteiger partial charge in [-0.15, -0.1) is 0 Å². The third-order valence-corrected chi connectivity index (χ3v) is 10.4. The molecule has 0 bridgehead atoms. The quantitative estimate of drug-likeness (QED) is 0.0570. The number of nitrogens with one attached hydrogen (secondary N) is 5. The highest BCUT2D eigenvalue weighted by Crippen LogP contribution is 2.30. The van der Waals surface area contributed by atoms with Gasteiger partial charge in [-0.05, 0) is 65.1 Å². The summed E-state index contributed by atoms with van der Waals surface area (Å²) in [6, 6.07) is 24.3. The number of nitrogens with two attached hydrogens (primary N) is 1. The van der Waals surface area contributed by atoms with E-state index in [0.717, 1.165) is 0 Å². The number of aromatic hydroxyl groups is 2. The number of amides is 6. The summed E-state index contributed by atoms with van der Waals surface area (Å²) < 4.78 is 0. The zero-order valence-corrected chi connectivity index (χ0v) is 35.7. The zero-order chi connectivity index (χ0) is 45.6. The molecule has 0 spiro atoms. The zero-order valence-electron chi connectivity index (χ0n) is 35.7. The molecule has 5 atom stereocenters. The van der Waals surface area contributed by atoms with Gasteiger partial charge in [-0.3, -0.25) is 33.8 Å². The van der Waals surface area contributed by atoms with Gasteiger partial charge in [0.15, 0.2) is 0 Å². The molecule has 9 N–H and O–H groups in total. The molecular weight excluding hydrogens is 803 g/mol. The van der Waals surface area contributed by atoms with Crippen LogP contribution in [0.15, 0.2) is 115 Å². The second-order valence-corrected chi connectivity index (χ2v) is 16.2. The van der Waals surface area contributed by atoms with E-state index >= 15 is 0 Å². The molecule has 15 nitrogen and oxygen atoms in total. The van der Waals surface area contributed by atoms with Crippen LogP contribution in [0.4, 0.5) is 0 Å². The minimum atomic E-state index is -1.33. The molecule has 330 valence electrons. The van der Waals surface area contributed by atoms with E-state index in [4.69, 9.17) is 5.73 Å². The van der Waals surface area contributed by atoms with Gasteiger partial charge in [-0.1, -0.05) is 107 Å². The first kappa shape index (κ1) is 46.8. The first-order valence-electron chi connectivity index (χ1n) is 20.8. The van der Waals surface area contributed by atoms with Crippen molar-refractivity contribution in [2.45, 2.75) is 83.6 Å². The van der Waals surface area contributed by atoms with Crippen molar-refractivity contribution < 1.29 is 39.0 Å². The first-order chi connectivity index (χ1) is 30.1. The van der Waals surface area contributed by atoms with Crippen molar-refractivity contribution in [3.05, 3.63) is 138 Å². The molecule has 0 saturated heterocycles. The van der Waals surface area contributed by atoms with Crippen LogP contribution in [0.1, 0.15) is 61.3 Å². The monoisotopic (exact) mass is 857 g/mol. The molecule has 0 aliphatic heterocycles. The molecule has 0 unspecified atom stereocenters. The molecule has 4 aromatic carbocycles. The van der Waals surface area contributed by atoms with Gasteiger partial charge in [0.1, 0.15) is 41.7 Å². The fourth-order valence-electron chi connectivity index (χ4n) is 7.08. The maximum Gasteiger partial charge on any atom is 0.255 e. The summed E-state index contributed by atoms with van der Waals surface area (Å²) in [7, 11) is 0. The van der Waals surface area contributed by atoms with E-state index in [1.54, 1.807) is 105 Å². The van der Waals surface area contributed by atoms with Gasteiger partial charge in [0.25, 0.3) is 5.91 Å². The molecule has 0 saturated carbocycles. The minimum Gasteiger partial charge on any atom is -0.507 e. The number of primary amides is 1. The maximum atomic E-state index is 14.5. The fraction of sp³-hybridized carbons (Fsp3) is 0.312. The molecule has 1 heterocycles. The van der Waals surface area contributed by atoms with E-state index in [1.165, 1.54) is 24.4 Å². The van der Waals surface area contributed by atoms with Gasteiger partial charge < -0.3 is 42.5 Å². The predicted molar refractivity (Wildman–Crippen MR) is 238 cm³/mol. The van der Waals surface area contributed by atoms with Crippen LogP contribution in [0.5, 0.6) is 11.5 Å². The van der Waals surface area contributed by atoms with E-state index in [9.17, 15) is 39.0 Å². The van der Waals surface area contributed by atoms with E-state index < -0.39 is 71.6 Å². The summed E-state index contributed by atoms with van der Waals surface area (Å²) >= 11 is 0. The van der Waals surface area contributed by atoms with Gasteiger partial charge in [0.2, 0.25) is 29.5 Å². The molecular formula is C48H55N7O8. The summed E-state index contributed by atoms with van der Waals surface area (Å²) in [5.41, 5.74) is 7.21. The summed E-state index contributed by atoms with van der Waals surface area (Å²) in [5, 5.41) is 35.9. The number of hydrogen-bond donors (Lipinski definition) is 8. The van der Waals surface area contributed by atoms with Crippen molar-refractivity contribution >= 4 is 46.2 Å². The average Bonchev–Trinajstić information content (AvgIpc) is 3.25. The van der Waals surface area contributed by atoms with Crippen LogP contribution in [0, 0.1) is 11.8 Å². The van der Waals surface area contributed by atoms with Gasteiger partial charge in [-0.25, -0.2) is 0 Å². The molecule has 0 aliphatic carbocycles. The van der Waals surface area contributed by atoms with Crippen LogP contribution in [-0.2, 0) is 43.2 Å². The van der Waals surface area contributed by atoms with E-state index in [0.29, 0.717) is 34.0 Å². The Morgan fingerprint density at radius 2 is 1.11 bits per heavy atom. The molecule has 63 heavy (non-hydrogen) atoms. The van der Waals surface area contributed by atoms with Crippen molar-refractivity contribution in [1.82, 2.24) is 31.6 Å². The summed E-state index contributed by atoms with van der Waals surface area (Å²) in [6.07, 6.45) is 1.71. The van der Waals surface area contributed by atoms with E-state index in [1.807, 2.05) is 13.8 Å². The number of fused-ring (bicyclic) bond motifs is 1. The van der Waals surface area contributed by atoms with Gasteiger partial charge in [-0.2, -0.15) is 0 Å². The van der Waals surface area contributed by atoms with E-state index in [2.05, 4.69) is 31.6 Å². The fourth-order valence-corrected chi connectivity index (χ4v) is 7.08. The third kappa shape index (κ3) is 13.3. The van der Waals surface area contributed by atoms with Crippen molar-refractivity contribution in [2.24, 2.45) is 17.6 Å². The second kappa shape index (κ2) is 22.0. The standard InChI is InChI=1S/C48H55N7O8/c1-28(2)22-36(43(49)58)51-48(63)42(29(3)4)55-47(62)38(24-31-16-9-6-10-17-31)54-45(60)37(23-30-14-7-5-8-15-30)53-46(61)39(26-33-19-11-12-21-50-33)52-44(59)35-27-34-32(25-41(35)57)18-13-20-40(34)56/h5-21,25,27-29,36-39,42,56-57H,22-24,26H2,1-4H3,(H2,49,58)(H,51,63)(H,52,59)(H,53,61)(H,54,60)(H,55,62)/t36-,37-,38-,39-,42-/m1/s1. The van der Waals surface area contributed by atoms with Crippen molar-refractivity contribution in [1.29, 1.82) is 0 Å². The number of benzene rings is 4. The number of pyridine rings is 1. The van der Waals surface area contributed by atoms with Gasteiger partial charge in [0.05, 0.1) is 5.56 Å². The highest BCUT2D eigenvalue weighted by molar-refractivity contribution is 6.04. The average molecular weight is 858 g/mol. The smallest absolute Gasteiger partial charge is 0.255 e. The van der Waals surface area contributed by atoms with Gasteiger partial charge in [0, 0.05) is 36.5 Å². The third-order valence-electron chi connectivity index (χ3n) is 10.4. The number of aromatic nitrogens is 1. The van der Waals surface area contributed by atoms with E-state index in [-0.39, 0.29) is 42.2 Å². The highest BCUT2D eigenvalue weighted by Gasteiger charge is 2.34. The maximum absolute atomic E-state index is 14.5. The van der Waals surface area contributed by atoms with Crippen molar-refractivity contribution in [3.8, 4) is 11.5 Å². The Hall–Kier alpha value is -7.29. The molecule has 0 aliphatic rings. The lowest BCUT2D eigenvalue weighted by atomic mass is 9.98. The predicted octanol–water partition coefficient (Wildman–Crippen LogP) is 3.60. The Morgan fingerprint density at radius 3 is 1.63 bits per heavy atom. The Labute approximate surface area is 366 Å².